The van der Waals surface area contributed by atoms with Gasteiger partial charge in [-0.15, -0.1) is 22.9 Å². The maximum atomic E-state index is 6.64. The quantitative estimate of drug-likeness (QED) is 0.709. The van der Waals surface area contributed by atoms with Crippen LogP contribution in [0.25, 0.3) is 0 Å². The van der Waals surface area contributed by atoms with Crippen LogP contribution >= 0.6 is 22.9 Å². The summed E-state index contributed by atoms with van der Waals surface area (Å²) < 4.78 is 5.41. The number of ether oxygens (including phenoxy) is 1. The Morgan fingerprint density at radius 1 is 1.25 bits per heavy atom. The first-order chi connectivity index (χ1) is 9.78. The van der Waals surface area contributed by atoms with Crippen LogP contribution in [-0.4, -0.2) is 7.11 Å². The van der Waals surface area contributed by atoms with Crippen LogP contribution in [0.1, 0.15) is 39.1 Å². The number of fused-ring (bicyclic) bond motifs is 1. The van der Waals surface area contributed by atoms with Gasteiger partial charge < -0.3 is 4.74 Å². The Hall–Kier alpha value is -0.990. The van der Waals surface area contributed by atoms with Crippen LogP contribution < -0.4 is 4.74 Å². The fraction of sp³-hybridized carbons (Fsp3) is 0.412. The number of alkyl halides is 1. The summed E-state index contributed by atoms with van der Waals surface area (Å²) in [6.45, 7) is 0. The lowest BCUT2D eigenvalue weighted by atomic mass is 9.98. The van der Waals surface area contributed by atoms with Crippen molar-refractivity contribution in [2.24, 2.45) is 0 Å². The van der Waals surface area contributed by atoms with E-state index in [1.807, 2.05) is 29.5 Å². The predicted octanol–water partition coefficient (Wildman–Crippen LogP) is 5.16. The van der Waals surface area contributed by atoms with E-state index in [1.54, 1.807) is 12.0 Å². The van der Waals surface area contributed by atoms with Gasteiger partial charge >= 0.3 is 0 Å². The fourth-order valence-electron chi connectivity index (χ4n) is 2.83. The number of halogens is 1. The van der Waals surface area contributed by atoms with Crippen molar-refractivity contribution in [3.05, 3.63) is 51.2 Å². The number of hydrogen-bond acceptors (Lipinski definition) is 2. The SMILES string of the molecule is COc1ccccc1CC(Cl)c1cc2c(s1)CCCC2. The van der Waals surface area contributed by atoms with Crippen molar-refractivity contribution in [1.29, 1.82) is 0 Å². The molecule has 0 spiro atoms. The van der Waals surface area contributed by atoms with Gasteiger partial charge in [-0.1, -0.05) is 18.2 Å². The van der Waals surface area contributed by atoms with Crippen molar-refractivity contribution >= 4 is 22.9 Å². The van der Waals surface area contributed by atoms with Crippen molar-refractivity contribution in [2.45, 2.75) is 37.5 Å². The molecule has 1 aliphatic carbocycles. The molecule has 1 heterocycles. The molecule has 1 aliphatic rings. The third-order valence-corrected chi connectivity index (χ3v) is 5.79. The van der Waals surface area contributed by atoms with Crippen molar-refractivity contribution in [3.63, 3.8) is 0 Å². The van der Waals surface area contributed by atoms with E-state index in [0.717, 1.165) is 12.2 Å². The number of para-hydroxylation sites is 1. The summed E-state index contributed by atoms with van der Waals surface area (Å²) in [5.74, 6) is 0.930. The molecule has 0 N–H and O–H groups in total. The number of benzene rings is 1. The summed E-state index contributed by atoms with van der Waals surface area (Å²) in [4.78, 5) is 2.86. The first-order valence-electron chi connectivity index (χ1n) is 7.15. The molecule has 0 aliphatic heterocycles. The minimum Gasteiger partial charge on any atom is -0.496 e. The molecule has 1 aromatic carbocycles. The van der Waals surface area contributed by atoms with Gasteiger partial charge in [0.25, 0.3) is 0 Å². The Bertz CT molecular complexity index is 567. The smallest absolute Gasteiger partial charge is 0.122 e. The Morgan fingerprint density at radius 2 is 2.05 bits per heavy atom. The summed E-state index contributed by atoms with van der Waals surface area (Å²) in [6.07, 6.45) is 5.93. The number of rotatable bonds is 4. The number of aryl methyl sites for hydroxylation is 2. The number of thiophene rings is 1. The van der Waals surface area contributed by atoms with Gasteiger partial charge in [-0.2, -0.15) is 0 Å². The van der Waals surface area contributed by atoms with E-state index in [1.165, 1.54) is 41.7 Å². The van der Waals surface area contributed by atoms with E-state index >= 15 is 0 Å². The number of hydrogen-bond donors (Lipinski definition) is 0. The highest BCUT2D eigenvalue weighted by Gasteiger charge is 2.19. The molecule has 0 radical (unpaired) electrons. The van der Waals surface area contributed by atoms with Crippen LogP contribution in [0.5, 0.6) is 5.75 Å². The van der Waals surface area contributed by atoms with Gasteiger partial charge in [0.1, 0.15) is 5.75 Å². The molecule has 2 aromatic rings. The van der Waals surface area contributed by atoms with E-state index in [9.17, 15) is 0 Å². The second kappa shape index (κ2) is 6.19. The Labute approximate surface area is 129 Å². The monoisotopic (exact) mass is 306 g/mol. The highest BCUT2D eigenvalue weighted by molar-refractivity contribution is 7.12. The highest BCUT2D eigenvalue weighted by atomic mass is 35.5. The van der Waals surface area contributed by atoms with Crippen LogP contribution in [0.4, 0.5) is 0 Å². The predicted molar refractivity (Wildman–Crippen MR) is 86.3 cm³/mol. The summed E-state index contributed by atoms with van der Waals surface area (Å²) in [6, 6.07) is 10.5. The van der Waals surface area contributed by atoms with Gasteiger partial charge in [0.05, 0.1) is 12.5 Å². The molecule has 3 heteroatoms. The van der Waals surface area contributed by atoms with Crippen LogP contribution in [-0.2, 0) is 19.3 Å². The van der Waals surface area contributed by atoms with Crippen molar-refractivity contribution in [2.75, 3.05) is 7.11 Å². The van der Waals surface area contributed by atoms with Gasteiger partial charge in [0, 0.05) is 9.75 Å². The molecular formula is C17H19ClOS. The van der Waals surface area contributed by atoms with Gasteiger partial charge in [0.2, 0.25) is 0 Å². The summed E-state index contributed by atoms with van der Waals surface area (Å²) in [7, 11) is 1.71. The highest BCUT2D eigenvalue weighted by Crippen LogP contribution is 2.37. The minimum absolute atomic E-state index is 0.0434. The van der Waals surface area contributed by atoms with Crippen LogP contribution in [0.3, 0.4) is 0 Å². The molecule has 3 rings (SSSR count). The van der Waals surface area contributed by atoms with Crippen molar-refractivity contribution < 1.29 is 4.74 Å². The molecule has 20 heavy (non-hydrogen) atoms. The largest absolute Gasteiger partial charge is 0.496 e. The topological polar surface area (TPSA) is 9.23 Å². The maximum absolute atomic E-state index is 6.64. The molecule has 0 saturated carbocycles. The second-order valence-corrected chi connectivity index (χ2v) is 6.98. The van der Waals surface area contributed by atoms with Gasteiger partial charge in [-0.3, -0.25) is 0 Å². The van der Waals surface area contributed by atoms with Gasteiger partial charge in [0.15, 0.2) is 0 Å². The molecule has 0 saturated heterocycles. The van der Waals surface area contributed by atoms with Crippen molar-refractivity contribution in [1.82, 2.24) is 0 Å². The summed E-state index contributed by atoms with van der Waals surface area (Å²) in [5.41, 5.74) is 2.71. The molecule has 1 atom stereocenters. The lowest BCUT2D eigenvalue weighted by Crippen LogP contribution is -1.97. The molecule has 0 fully saturated rings. The minimum atomic E-state index is 0.0434. The lowest BCUT2D eigenvalue weighted by Gasteiger charge is -2.11. The molecular weight excluding hydrogens is 288 g/mol. The summed E-state index contributed by atoms with van der Waals surface area (Å²) in [5, 5.41) is 0.0434. The molecule has 1 aromatic heterocycles. The zero-order chi connectivity index (χ0) is 13.9. The van der Waals surface area contributed by atoms with E-state index in [2.05, 4.69) is 12.1 Å². The molecule has 1 unspecified atom stereocenters. The fourth-order valence-corrected chi connectivity index (χ4v) is 4.43. The van der Waals surface area contributed by atoms with Crippen LogP contribution in [0.2, 0.25) is 0 Å². The number of methoxy groups -OCH3 is 1. The van der Waals surface area contributed by atoms with Crippen LogP contribution in [0.15, 0.2) is 30.3 Å². The average Bonchev–Trinajstić information content (AvgIpc) is 2.92. The van der Waals surface area contributed by atoms with E-state index in [0.29, 0.717) is 0 Å². The van der Waals surface area contributed by atoms with Crippen LogP contribution in [0, 0.1) is 0 Å². The first kappa shape index (κ1) is 14.0. The maximum Gasteiger partial charge on any atom is 0.122 e. The molecule has 0 amide bonds. The third kappa shape index (κ3) is 2.87. The van der Waals surface area contributed by atoms with E-state index < -0.39 is 0 Å². The average molecular weight is 307 g/mol. The van der Waals surface area contributed by atoms with Gasteiger partial charge in [-0.25, -0.2) is 0 Å². The standard InChI is InChI=1S/C17H19ClOS/c1-19-15-8-4-2-6-12(15)10-14(18)17-11-13-7-3-5-9-16(13)20-17/h2,4,6,8,11,14H,3,5,7,9-10H2,1H3. The Balaban J connectivity index is 1.79. The zero-order valence-electron chi connectivity index (χ0n) is 11.7. The lowest BCUT2D eigenvalue weighted by molar-refractivity contribution is 0.409. The summed E-state index contributed by atoms with van der Waals surface area (Å²) >= 11 is 8.55. The van der Waals surface area contributed by atoms with Crippen molar-refractivity contribution in [3.8, 4) is 5.75 Å². The normalized spacial score (nSPS) is 15.7. The Kier molecular flexibility index (Phi) is 4.32. The molecule has 106 valence electrons. The first-order valence-corrected chi connectivity index (χ1v) is 8.40. The zero-order valence-corrected chi connectivity index (χ0v) is 13.3. The van der Waals surface area contributed by atoms with E-state index in [4.69, 9.17) is 16.3 Å². The molecule has 1 nitrogen and oxygen atoms in total. The van der Waals surface area contributed by atoms with E-state index in [-0.39, 0.29) is 5.38 Å². The third-order valence-electron chi connectivity index (χ3n) is 3.92. The second-order valence-electron chi connectivity index (χ2n) is 5.29. The van der Waals surface area contributed by atoms with Gasteiger partial charge in [-0.05, 0) is 55.4 Å². The molecule has 0 bridgehead atoms. The Morgan fingerprint density at radius 3 is 2.85 bits per heavy atom.